The largest absolute Gasteiger partial charge is 0.369 e. The Hall–Kier alpha value is -1.56. The zero-order valence-electron chi connectivity index (χ0n) is 9.18. The fourth-order valence-electron chi connectivity index (χ4n) is 1.60. The highest BCUT2D eigenvalue weighted by Crippen LogP contribution is 2.24. The van der Waals surface area contributed by atoms with Crippen LogP contribution in [0.15, 0.2) is 6.07 Å². The second-order valence-corrected chi connectivity index (χ2v) is 3.68. The van der Waals surface area contributed by atoms with E-state index in [4.69, 9.17) is 17.3 Å². The van der Waals surface area contributed by atoms with Crippen LogP contribution in [0.1, 0.15) is 13.8 Å². The Balaban J connectivity index is 2.58. The molecular formula is C9H13ClN6. The van der Waals surface area contributed by atoms with Crippen molar-refractivity contribution in [3.8, 4) is 0 Å². The first-order valence-corrected chi connectivity index (χ1v) is 5.47. The fraction of sp³-hybridized carbons (Fsp3) is 0.444. The SMILES string of the molecule is CCN(CC)c1cc2nnc(N)n2nc1Cl. The van der Waals surface area contributed by atoms with Crippen LogP contribution >= 0.6 is 11.6 Å². The Morgan fingerprint density at radius 3 is 2.69 bits per heavy atom. The molecule has 2 heterocycles. The van der Waals surface area contributed by atoms with Gasteiger partial charge in [-0.1, -0.05) is 11.6 Å². The van der Waals surface area contributed by atoms with Crippen molar-refractivity contribution < 1.29 is 0 Å². The zero-order chi connectivity index (χ0) is 11.7. The Labute approximate surface area is 98.0 Å². The first-order chi connectivity index (χ1) is 7.67. The molecule has 0 aromatic carbocycles. The Morgan fingerprint density at radius 2 is 2.06 bits per heavy atom. The van der Waals surface area contributed by atoms with E-state index in [1.54, 1.807) is 0 Å². The topological polar surface area (TPSA) is 72.3 Å². The van der Waals surface area contributed by atoms with Gasteiger partial charge in [-0.3, -0.25) is 0 Å². The maximum Gasteiger partial charge on any atom is 0.243 e. The van der Waals surface area contributed by atoms with Gasteiger partial charge in [-0.05, 0) is 13.8 Å². The summed E-state index contributed by atoms with van der Waals surface area (Å²) in [4.78, 5) is 2.10. The van der Waals surface area contributed by atoms with Gasteiger partial charge in [0, 0.05) is 19.2 Å². The fourth-order valence-corrected chi connectivity index (χ4v) is 1.85. The molecule has 86 valence electrons. The predicted octanol–water partition coefficient (Wildman–Crippen LogP) is 1.21. The van der Waals surface area contributed by atoms with Gasteiger partial charge in [0.2, 0.25) is 5.95 Å². The molecule has 6 nitrogen and oxygen atoms in total. The van der Waals surface area contributed by atoms with Crippen molar-refractivity contribution in [2.24, 2.45) is 0 Å². The van der Waals surface area contributed by atoms with Gasteiger partial charge in [-0.15, -0.1) is 15.3 Å². The van der Waals surface area contributed by atoms with Gasteiger partial charge in [-0.2, -0.15) is 4.52 Å². The summed E-state index contributed by atoms with van der Waals surface area (Å²) in [6.07, 6.45) is 0. The van der Waals surface area contributed by atoms with Crippen molar-refractivity contribution >= 4 is 28.9 Å². The van der Waals surface area contributed by atoms with Crippen LogP contribution in [0.5, 0.6) is 0 Å². The average Bonchev–Trinajstić information content (AvgIpc) is 2.62. The van der Waals surface area contributed by atoms with Gasteiger partial charge in [0.15, 0.2) is 10.8 Å². The number of halogens is 1. The van der Waals surface area contributed by atoms with Crippen LogP contribution in [-0.2, 0) is 0 Å². The van der Waals surface area contributed by atoms with Gasteiger partial charge >= 0.3 is 0 Å². The Kier molecular flexibility index (Phi) is 2.82. The lowest BCUT2D eigenvalue weighted by atomic mass is 10.4. The number of nitrogens with two attached hydrogens (primary N) is 1. The molecule has 0 amide bonds. The summed E-state index contributed by atoms with van der Waals surface area (Å²) in [5.74, 6) is 0.239. The van der Waals surface area contributed by atoms with Crippen molar-refractivity contribution in [2.75, 3.05) is 23.7 Å². The summed E-state index contributed by atoms with van der Waals surface area (Å²) in [7, 11) is 0. The standard InChI is InChI=1S/C9H13ClN6/c1-3-15(4-2)6-5-7-12-13-9(11)16(7)14-8(6)10/h5H,3-4H2,1-2H3,(H2,11,13). The molecule has 0 atom stereocenters. The van der Waals surface area contributed by atoms with E-state index in [1.807, 2.05) is 6.07 Å². The number of nitrogen functional groups attached to an aromatic ring is 1. The first kappa shape index (κ1) is 10.9. The zero-order valence-corrected chi connectivity index (χ0v) is 9.94. The summed E-state index contributed by atoms with van der Waals surface area (Å²) in [6, 6.07) is 1.84. The van der Waals surface area contributed by atoms with Crippen LogP contribution in [-0.4, -0.2) is 32.9 Å². The Morgan fingerprint density at radius 1 is 1.38 bits per heavy atom. The lowest BCUT2D eigenvalue weighted by Crippen LogP contribution is -2.22. The average molecular weight is 241 g/mol. The molecule has 2 N–H and O–H groups in total. The smallest absolute Gasteiger partial charge is 0.243 e. The molecule has 16 heavy (non-hydrogen) atoms. The highest BCUT2D eigenvalue weighted by atomic mass is 35.5. The summed E-state index contributed by atoms with van der Waals surface area (Å²) in [6.45, 7) is 5.83. The number of hydrogen-bond donors (Lipinski definition) is 1. The summed E-state index contributed by atoms with van der Waals surface area (Å²) < 4.78 is 1.43. The molecule has 7 heteroatoms. The molecule has 0 saturated carbocycles. The number of rotatable bonds is 3. The quantitative estimate of drug-likeness (QED) is 0.873. The van der Waals surface area contributed by atoms with Crippen molar-refractivity contribution in [1.29, 1.82) is 0 Å². The van der Waals surface area contributed by atoms with Crippen LogP contribution in [0.2, 0.25) is 5.15 Å². The van der Waals surface area contributed by atoms with Gasteiger partial charge in [0.25, 0.3) is 0 Å². The van der Waals surface area contributed by atoms with Crippen molar-refractivity contribution in [1.82, 2.24) is 19.8 Å². The normalized spacial score (nSPS) is 10.9. The summed E-state index contributed by atoms with van der Waals surface area (Å²) in [5, 5.41) is 12.2. The van der Waals surface area contributed by atoms with Gasteiger partial charge < -0.3 is 10.6 Å². The molecule has 0 saturated heterocycles. The number of nitrogens with zero attached hydrogens (tertiary/aromatic N) is 5. The van der Waals surface area contributed by atoms with Crippen LogP contribution in [0.3, 0.4) is 0 Å². The van der Waals surface area contributed by atoms with Crippen molar-refractivity contribution in [3.05, 3.63) is 11.2 Å². The van der Waals surface area contributed by atoms with Gasteiger partial charge in [0.05, 0.1) is 5.69 Å². The van der Waals surface area contributed by atoms with E-state index in [1.165, 1.54) is 4.52 Å². The second kappa shape index (κ2) is 4.13. The minimum Gasteiger partial charge on any atom is -0.369 e. The minimum atomic E-state index is 0.239. The number of hydrogen-bond acceptors (Lipinski definition) is 5. The molecule has 2 rings (SSSR count). The highest BCUT2D eigenvalue weighted by Gasteiger charge is 2.12. The Bertz CT molecular complexity index is 504. The third kappa shape index (κ3) is 1.65. The van der Waals surface area contributed by atoms with Gasteiger partial charge in [-0.25, -0.2) is 0 Å². The number of fused-ring (bicyclic) bond motifs is 1. The first-order valence-electron chi connectivity index (χ1n) is 5.09. The van der Waals surface area contributed by atoms with E-state index in [2.05, 4.69) is 34.0 Å². The molecular weight excluding hydrogens is 228 g/mol. The van der Waals surface area contributed by atoms with Crippen molar-refractivity contribution in [3.63, 3.8) is 0 Å². The third-order valence-electron chi connectivity index (χ3n) is 2.46. The van der Waals surface area contributed by atoms with E-state index < -0.39 is 0 Å². The molecule has 0 bridgehead atoms. The molecule has 0 aliphatic heterocycles. The maximum absolute atomic E-state index is 6.10. The molecule has 0 spiro atoms. The van der Waals surface area contributed by atoms with E-state index in [0.29, 0.717) is 10.8 Å². The monoisotopic (exact) mass is 240 g/mol. The third-order valence-corrected chi connectivity index (χ3v) is 2.73. The van der Waals surface area contributed by atoms with E-state index >= 15 is 0 Å². The van der Waals surface area contributed by atoms with Crippen LogP contribution in [0, 0.1) is 0 Å². The number of anilines is 2. The van der Waals surface area contributed by atoms with E-state index in [-0.39, 0.29) is 5.95 Å². The molecule has 0 aliphatic carbocycles. The van der Waals surface area contributed by atoms with Crippen LogP contribution in [0.25, 0.3) is 5.65 Å². The molecule has 2 aromatic heterocycles. The van der Waals surface area contributed by atoms with E-state index in [9.17, 15) is 0 Å². The second-order valence-electron chi connectivity index (χ2n) is 3.32. The maximum atomic E-state index is 6.10. The molecule has 0 aliphatic rings. The molecule has 2 aromatic rings. The molecule has 0 fully saturated rings. The summed E-state index contributed by atoms with van der Waals surface area (Å²) >= 11 is 6.10. The van der Waals surface area contributed by atoms with Crippen LogP contribution in [0.4, 0.5) is 11.6 Å². The van der Waals surface area contributed by atoms with E-state index in [0.717, 1.165) is 18.8 Å². The number of aromatic nitrogens is 4. The minimum absolute atomic E-state index is 0.239. The molecule has 0 radical (unpaired) electrons. The lowest BCUT2D eigenvalue weighted by molar-refractivity contribution is 0.848. The highest BCUT2D eigenvalue weighted by molar-refractivity contribution is 6.32. The van der Waals surface area contributed by atoms with Crippen molar-refractivity contribution in [2.45, 2.75) is 13.8 Å². The predicted molar refractivity (Wildman–Crippen MR) is 63.8 cm³/mol. The lowest BCUT2D eigenvalue weighted by Gasteiger charge is -2.21. The summed E-state index contributed by atoms with van der Waals surface area (Å²) in [5.41, 5.74) is 7.04. The molecule has 0 unspecified atom stereocenters. The van der Waals surface area contributed by atoms with Gasteiger partial charge in [0.1, 0.15) is 0 Å². The van der Waals surface area contributed by atoms with Crippen LogP contribution < -0.4 is 10.6 Å².